The van der Waals surface area contributed by atoms with E-state index in [0.717, 1.165) is 5.56 Å². The lowest BCUT2D eigenvalue weighted by atomic mass is 10.2. The molecule has 5 heteroatoms. The van der Waals surface area contributed by atoms with Crippen molar-refractivity contribution in [1.29, 1.82) is 0 Å². The molecule has 0 heterocycles. The predicted octanol–water partition coefficient (Wildman–Crippen LogP) is 1.47. The molecule has 1 amide bonds. The Morgan fingerprint density at radius 3 is 2.67 bits per heavy atom. The summed E-state index contributed by atoms with van der Waals surface area (Å²) in [5, 5.41) is 10.8. The van der Waals surface area contributed by atoms with E-state index in [4.69, 9.17) is 14.6 Å². The van der Waals surface area contributed by atoms with Crippen molar-refractivity contribution < 1.29 is 19.4 Å². The topological polar surface area (TPSA) is 67.8 Å². The van der Waals surface area contributed by atoms with Gasteiger partial charge in [-0.15, -0.1) is 0 Å². The quantitative estimate of drug-likeness (QED) is 0.791. The lowest BCUT2D eigenvalue weighted by Gasteiger charge is -2.09. The van der Waals surface area contributed by atoms with E-state index in [1.54, 1.807) is 25.3 Å². The molecular formula is C10H13NO4. The molecule has 0 fully saturated rings. The van der Waals surface area contributed by atoms with E-state index in [-0.39, 0.29) is 6.54 Å². The third kappa shape index (κ3) is 3.05. The molecule has 0 spiro atoms. The second kappa shape index (κ2) is 5.09. The van der Waals surface area contributed by atoms with Crippen LogP contribution < -0.4 is 14.8 Å². The summed E-state index contributed by atoms with van der Waals surface area (Å²) in [5.41, 5.74) is 0.735. The summed E-state index contributed by atoms with van der Waals surface area (Å²) in [6, 6.07) is 5.22. The summed E-state index contributed by atoms with van der Waals surface area (Å²) >= 11 is 0. The van der Waals surface area contributed by atoms with Gasteiger partial charge in [0, 0.05) is 12.1 Å². The fourth-order valence-corrected chi connectivity index (χ4v) is 1.19. The van der Waals surface area contributed by atoms with Crippen LogP contribution in [0.4, 0.5) is 4.79 Å². The Morgan fingerprint density at radius 1 is 1.40 bits per heavy atom. The van der Waals surface area contributed by atoms with Gasteiger partial charge in [-0.05, 0) is 18.2 Å². The van der Waals surface area contributed by atoms with Gasteiger partial charge in [-0.3, -0.25) is 0 Å². The molecule has 1 aromatic carbocycles. The Balaban J connectivity index is 2.85. The van der Waals surface area contributed by atoms with Gasteiger partial charge < -0.3 is 19.9 Å². The molecule has 0 aliphatic rings. The van der Waals surface area contributed by atoms with Gasteiger partial charge in [0.15, 0.2) is 0 Å². The van der Waals surface area contributed by atoms with Crippen LogP contribution in [0.1, 0.15) is 5.56 Å². The molecule has 0 bridgehead atoms. The van der Waals surface area contributed by atoms with E-state index in [1.807, 2.05) is 0 Å². The van der Waals surface area contributed by atoms with Crippen LogP contribution in [0.2, 0.25) is 0 Å². The van der Waals surface area contributed by atoms with Gasteiger partial charge in [0.2, 0.25) is 0 Å². The van der Waals surface area contributed by atoms with E-state index >= 15 is 0 Å². The third-order valence-electron chi connectivity index (χ3n) is 1.92. The molecule has 0 aliphatic heterocycles. The first kappa shape index (κ1) is 11.2. The van der Waals surface area contributed by atoms with Crippen molar-refractivity contribution in [3.63, 3.8) is 0 Å². The van der Waals surface area contributed by atoms with Crippen LogP contribution in [0, 0.1) is 0 Å². The molecule has 0 saturated heterocycles. The molecular weight excluding hydrogens is 198 g/mol. The van der Waals surface area contributed by atoms with Crippen molar-refractivity contribution in [2.75, 3.05) is 14.2 Å². The average Bonchev–Trinajstić information content (AvgIpc) is 2.25. The highest BCUT2D eigenvalue weighted by Crippen LogP contribution is 2.23. The number of carboxylic acid groups (broad SMARTS) is 1. The van der Waals surface area contributed by atoms with E-state index in [9.17, 15) is 4.79 Å². The summed E-state index contributed by atoms with van der Waals surface area (Å²) in [5.74, 6) is 1.29. The molecule has 0 unspecified atom stereocenters. The Labute approximate surface area is 87.6 Å². The Hall–Kier alpha value is -1.91. The normalized spacial score (nSPS) is 9.47. The Bertz CT molecular complexity index is 351. The predicted molar refractivity (Wildman–Crippen MR) is 54.4 cm³/mol. The SMILES string of the molecule is COc1ccc(OC)c(CNC(=O)O)c1. The van der Waals surface area contributed by atoms with Crippen LogP contribution in [-0.4, -0.2) is 25.4 Å². The van der Waals surface area contributed by atoms with Crippen LogP contribution in [-0.2, 0) is 6.54 Å². The number of carbonyl (C=O) groups is 1. The molecule has 2 N–H and O–H groups in total. The molecule has 0 aliphatic carbocycles. The number of nitrogens with one attached hydrogen (secondary N) is 1. The van der Waals surface area contributed by atoms with E-state index < -0.39 is 6.09 Å². The largest absolute Gasteiger partial charge is 0.497 e. The van der Waals surface area contributed by atoms with Crippen LogP contribution in [0.5, 0.6) is 11.5 Å². The molecule has 0 aromatic heterocycles. The van der Waals surface area contributed by atoms with Crippen LogP contribution in [0.3, 0.4) is 0 Å². The van der Waals surface area contributed by atoms with Gasteiger partial charge in [0.1, 0.15) is 11.5 Å². The maximum atomic E-state index is 10.3. The van der Waals surface area contributed by atoms with Gasteiger partial charge >= 0.3 is 6.09 Å². The van der Waals surface area contributed by atoms with Crippen molar-refractivity contribution in [1.82, 2.24) is 5.32 Å². The van der Waals surface area contributed by atoms with Crippen molar-refractivity contribution in [3.8, 4) is 11.5 Å². The average molecular weight is 211 g/mol. The molecule has 82 valence electrons. The summed E-state index contributed by atoms with van der Waals surface area (Å²) in [6.07, 6.45) is -1.07. The number of ether oxygens (including phenoxy) is 2. The number of rotatable bonds is 4. The summed E-state index contributed by atoms with van der Waals surface area (Å²) in [4.78, 5) is 10.3. The highest BCUT2D eigenvalue weighted by Gasteiger charge is 2.05. The number of hydrogen-bond donors (Lipinski definition) is 2. The standard InChI is InChI=1S/C10H13NO4/c1-14-8-3-4-9(15-2)7(5-8)6-11-10(12)13/h3-5,11H,6H2,1-2H3,(H,12,13). The van der Waals surface area contributed by atoms with Crippen LogP contribution in [0.25, 0.3) is 0 Å². The molecule has 0 radical (unpaired) electrons. The van der Waals surface area contributed by atoms with Gasteiger partial charge in [-0.2, -0.15) is 0 Å². The van der Waals surface area contributed by atoms with Crippen molar-refractivity contribution in [2.24, 2.45) is 0 Å². The van der Waals surface area contributed by atoms with Gasteiger partial charge in [-0.1, -0.05) is 0 Å². The van der Waals surface area contributed by atoms with Gasteiger partial charge in [-0.25, -0.2) is 4.79 Å². The molecule has 1 rings (SSSR count). The minimum absolute atomic E-state index is 0.190. The maximum absolute atomic E-state index is 10.3. The number of benzene rings is 1. The monoisotopic (exact) mass is 211 g/mol. The molecule has 0 atom stereocenters. The Kier molecular flexibility index (Phi) is 3.79. The first-order chi connectivity index (χ1) is 7.17. The fraction of sp³-hybridized carbons (Fsp3) is 0.300. The highest BCUT2D eigenvalue weighted by atomic mass is 16.5. The lowest BCUT2D eigenvalue weighted by Crippen LogP contribution is -2.20. The van der Waals surface area contributed by atoms with Crippen LogP contribution in [0.15, 0.2) is 18.2 Å². The van der Waals surface area contributed by atoms with Crippen molar-refractivity contribution >= 4 is 6.09 Å². The van der Waals surface area contributed by atoms with Gasteiger partial charge in [0.05, 0.1) is 14.2 Å². The third-order valence-corrected chi connectivity index (χ3v) is 1.92. The zero-order chi connectivity index (χ0) is 11.3. The number of amides is 1. The van der Waals surface area contributed by atoms with Crippen molar-refractivity contribution in [3.05, 3.63) is 23.8 Å². The number of hydrogen-bond acceptors (Lipinski definition) is 3. The second-order valence-corrected chi connectivity index (χ2v) is 2.84. The van der Waals surface area contributed by atoms with Crippen LogP contribution >= 0.6 is 0 Å². The Morgan fingerprint density at radius 2 is 2.13 bits per heavy atom. The van der Waals surface area contributed by atoms with E-state index in [0.29, 0.717) is 11.5 Å². The van der Waals surface area contributed by atoms with Gasteiger partial charge in [0.25, 0.3) is 0 Å². The second-order valence-electron chi connectivity index (χ2n) is 2.84. The van der Waals surface area contributed by atoms with Crippen molar-refractivity contribution in [2.45, 2.75) is 6.54 Å². The summed E-state index contributed by atoms with van der Waals surface area (Å²) < 4.78 is 10.1. The first-order valence-electron chi connectivity index (χ1n) is 4.35. The maximum Gasteiger partial charge on any atom is 0.404 e. The van der Waals surface area contributed by atoms with E-state index in [2.05, 4.69) is 5.32 Å². The molecule has 5 nitrogen and oxygen atoms in total. The smallest absolute Gasteiger partial charge is 0.404 e. The van der Waals surface area contributed by atoms with E-state index in [1.165, 1.54) is 7.11 Å². The zero-order valence-corrected chi connectivity index (χ0v) is 8.61. The summed E-state index contributed by atoms with van der Waals surface area (Å²) in [7, 11) is 3.09. The lowest BCUT2D eigenvalue weighted by molar-refractivity contribution is 0.194. The molecule has 1 aromatic rings. The highest BCUT2D eigenvalue weighted by molar-refractivity contribution is 5.64. The summed E-state index contributed by atoms with van der Waals surface area (Å²) in [6.45, 7) is 0.190. The zero-order valence-electron chi connectivity index (χ0n) is 8.61. The molecule has 0 saturated carbocycles. The number of methoxy groups -OCH3 is 2. The molecule has 15 heavy (non-hydrogen) atoms. The first-order valence-corrected chi connectivity index (χ1v) is 4.35. The minimum atomic E-state index is -1.07. The minimum Gasteiger partial charge on any atom is -0.497 e. The fourth-order valence-electron chi connectivity index (χ4n) is 1.19.